The van der Waals surface area contributed by atoms with Crippen LogP contribution in [0.4, 0.5) is 4.39 Å². The summed E-state index contributed by atoms with van der Waals surface area (Å²) in [6.45, 7) is 4.32. The fraction of sp³-hybridized carbons (Fsp3) is 0.278. The second kappa shape index (κ2) is 6.40. The van der Waals surface area contributed by atoms with Crippen LogP contribution in [0, 0.1) is 5.82 Å². The van der Waals surface area contributed by atoms with E-state index in [-0.39, 0.29) is 11.4 Å². The van der Waals surface area contributed by atoms with Crippen molar-refractivity contribution in [3.05, 3.63) is 62.2 Å². The molecule has 0 saturated carbocycles. The fourth-order valence-corrected chi connectivity index (χ4v) is 4.41. The quantitative estimate of drug-likeness (QED) is 0.564. The molecule has 9 heteroatoms. The van der Waals surface area contributed by atoms with E-state index in [9.17, 15) is 9.18 Å². The van der Waals surface area contributed by atoms with Crippen molar-refractivity contribution in [1.29, 1.82) is 0 Å². The third kappa shape index (κ3) is 2.93. The highest BCUT2D eigenvalue weighted by molar-refractivity contribution is 7.17. The third-order valence-corrected chi connectivity index (χ3v) is 5.89. The standard InChI is InChI=1S/C18H17ClFN5OS/c1-18(2,11-5-4-10(20)8-12(11)19)21-9-14-22-23-17-24(3)16(26)15-13(25(14)17)6-7-27-15/h4-8,21H,9H2,1-3H3. The summed E-state index contributed by atoms with van der Waals surface area (Å²) < 4.78 is 17.4. The maximum Gasteiger partial charge on any atom is 0.272 e. The van der Waals surface area contributed by atoms with Crippen molar-refractivity contribution in [2.75, 3.05) is 0 Å². The number of hydrogen-bond acceptors (Lipinski definition) is 5. The highest BCUT2D eigenvalue weighted by Crippen LogP contribution is 2.29. The number of nitrogens with one attached hydrogen (secondary N) is 1. The molecule has 3 aromatic heterocycles. The van der Waals surface area contributed by atoms with Crippen LogP contribution >= 0.6 is 22.9 Å². The first-order chi connectivity index (χ1) is 12.8. The Morgan fingerprint density at radius 2 is 2.07 bits per heavy atom. The number of rotatable bonds is 4. The van der Waals surface area contributed by atoms with Crippen LogP contribution in [0.1, 0.15) is 25.2 Å². The molecule has 0 spiro atoms. The maximum absolute atomic E-state index is 13.4. The molecule has 1 aromatic carbocycles. The van der Waals surface area contributed by atoms with Crippen LogP contribution in [0.2, 0.25) is 5.02 Å². The Bertz CT molecular complexity index is 1230. The minimum atomic E-state index is -0.523. The largest absolute Gasteiger partial charge is 0.301 e. The molecule has 0 unspecified atom stereocenters. The van der Waals surface area contributed by atoms with Crippen LogP contribution in [0.15, 0.2) is 34.4 Å². The van der Waals surface area contributed by atoms with Gasteiger partial charge in [-0.1, -0.05) is 17.7 Å². The average molecular weight is 406 g/mol. The van der Waals surface area contributed by atoms with Gasteiger partial charge in [-0.3, -0.25) is 13.8 Å². The molecule has 0 aliphatic rings. The van der Waals surface area contributed by atoms with E-state index in [1.165, 1.54) is 28.0 Å². The lowest BCUT2D eigenvalue weighted by Crippen LogP contribution is -2.37. The van der Waals surface area contributed by atoms with Gasteiger partial charge in [0.15, 0.2) is 5.82 Å². The van der Waals surface area contributed by atoms with Gasteiger partial charge in [0.2, 0.25) is 5.78 Å². The van der Waals surface area contributed by atoms with Crippen molar-refractivity contribution in [1.82, 2.24) is 24.5 Å². The lowest BCUT2D eigenvalue weighted by molar-refractivity contribution is 0.394. The Kier molecular flexibility index (Phi) is 4.29. The van der Waals surface area contributed by atoms with Gasteiger partial charge in [0.25, 0.3) is 5.56 Å². The number of halogens is 2. The molecule has 3 heterocycles. The molecule has 0 aliphatic carbocycles. The number of hydrogen-bond donors (Lipinski definition) is 1. The Labute approximate surface area is 163 Å². The van der Waals surface area contributed by atoms with Crippen molar-refractivity contribution in [2.24, 2.45) is 7.05 Å². The normalized spacial score (nSPS) is 12.3. The monoisotopic (exact) mass is 405 g/mol. The minimum absolute atomic E-state index is 0.0853. The zero-order valence-corrected chi connectivity index (χ0v) is 16.5. The smallest absolute Gasteiger partial charge is 0.272 e. The molecule has 0 atom stereocenters. The van der Waals surface area contributed by atoms with Crippen molar-refractivity contribution < 1.29 is 4.39 Å². The van der Waals surface area contributed by atoms with E-state index >= 15 is 0 Å². The lowest BCUT2D eigenvalue weighted by Gasteiger charge is -2.27. The molecule has 0 radical (unpaired) electrons. The van der Waals surface area contributed by atoms with E-state index in [1.807, 2.05) is 29.7 Å². The van der Waals surface area contributed by atoms with E-state index < -0.39 is 5.54 Å². The molecular formula is C18H17ClFN5OS. The Morgan fingerprint density at radius 3 is 2.81 bits per heavy atom. The van der Waals surface area contributed by atoms with Gasteiger partial charge in [0.05, 0.1) is 12.1 Å². The predicted octanol–water partition coefficient (Wildman–Crippen LogP) is 3.46. The Morgan fingerprint density at radius 1 is 1.30 bits per heavy atom. The summed E-state index contributed by atoms with van der Waals surface area (Å²) >= 11 is 7.62. The van der Waals surface area contributed by atoms with Crippen LogP contribution in [-0.2, 0) is 19.1 Å². The topological polar surface area (TPSA) is 64.2 Å². The minimum Gasteiger partial charge on any atom is -0.301 e. The molecule has 140 valence electrons. The number of nitrogens with zero attached hydrogens (tertiary/aromatic N) is 4. The summed E-state index contributed by atoms with van der Waals surface area (Å²) in [6.07, 6.45) is 0. The molecule has 0 saturated heterocycles. The number of aromatic nitrogens is 4. The SMILES string of the molecule is Cn1c(=O)c2sccc2n2c(CNC(C)(C)c3ccc(F)cc3Cl)nnc12. The molecule has 4 aromatic rings. The highest BCUT2D eigenvalue weighted by atomic mass is 35.5. The van der Waals surface area contributed by atoms with Crippen molar-refractivity contribution in [3.63, 3.8) is 0 Å². The van der Waals surface area contributed by atoms with Gasteiger partial charge in [0, 0.05) is 17.6 Å². The van der Waals surface area contributed by atoms with Gasteiger partial charge in [-0.25, -0.2) is 4.39 Å². The summed E-state index contributed by atoms with van der Waals surface area (Å²) in [7, 11) is 1.69. The van der Waals surface area contributed by atoms with Crippen LogP contribution in [-0.4, -0.2) is 19.2 Å². The number of benzene rings is 1. The van der Waals surface area contributed by atoms with E-state index in [2.05, 4.69) is 15.5 Å². The second-order valence-corrected chi connectivity index (χ2v) is 8.18. The molecule has 6 nitrogen and oxygen atoms in total. The number of thiophene rings is 1. The summed E-state index contributed by atoms with van der Waals surface area (Å²) in [4.78, 5) is 12.4. The first-order valence-electron chi connectivity index (χ1n) is 8.30. The van der Waals surface area contributed by atoms with Crippen LogP contribution < -0.4 is 10.9 Å². The van der Waals surface area contributed by atoms with Crippen LogP contribution in [0.3, 0.4) is 0 Å². The second-order valence-electron chi connectivity index (χ2n) is 6.85. The van der Waals surface area contributed by atoms with Crippen molar-refractivity contribution in [3.8, 4) is 0 Å². The Hall–Kier alpha value is -2.29. The van der Waals surface area contributed by atoms with Gasteiger partial charge in [-0.2, -0.15) is 0 Å². The van der Waals surface area contributed by atoms with E-state index in [1.54, 1.807) is 13.1 Å². The molecule has 0 bridgehead atoms. The summed E-state index contributed by atoms with van der Waals surface area (Å²) in [5.41, 5.74) is 0.966. The zero-order chi connectivity index (χ0) is 19.3. The van der Waals surface area contributed by atoms with E-state index in [0.29, 0.717) is 27.9 Å². The summed E-state index contributed by atoms with van der Waals surface area (Å²) in [5.74, 6) is 0.791. The average Bonchev–Trinajstić information content (AvgIpc) is 3.24. The molecule has 0 fully saturated rings. The number of aryl methyl sites for hydroxylation is 1. The molecule has 0 amide bonds. The van der Waals surface area contributed by atoms with Gasteiger partial charge in [-0.15, -0.1) is 21.5 Å². The fourth-order valence-electron chi connectivity index (χ4n) is 3.16. The first kappa shape index (κ1) is 18.1. The third-order valence-electron chi connectivity index (χ3n) is 4.69. The summed E-state index contributed by atoms with van der Waals surface area (Å²) in [6, 6.07) is 6.26. The van der Waals surface area contributed by atoms with Gasteiger partial charge in [-0.05, 0) is 43.0 Å². The molecule has 1 N–H and O–H groups in total. The maximum atomic E-state index is 13.4. The molecular weight excluding hydrogens is 389 g/mol. The molecule has 0 aliphatic heterocycles. The van der Waals surface area contributed by atoms with Crippen LogP contribution in [0.25, 0.3) is 16.0 Å². The van der Waals surface area contributed by atoms with E-state index in [4.69, 9.17) is 11.6 Å². The van der Waals surface area contributed by atoms with Crippen molar-refractivity contribution >= 4 is 38.9 Å². The van der Waals surface area contributed by atoms with Gasteiger partial charge in [0.1, 0.15) is 10.5 Å². The predicted molar refractivity (Wildman–Crippen MR) is 105 cm³/mol. The Balaban J connectivity index is 1.73. The lowest BCUT2D eigenvalue weighted by atomic mass is 9.94. The first-order valence-corrected chi connectivity index (χ1v) is 9.56. The van der Waals surface area contributed by atoms with Crippen molar-refractivity contribution in [2.45, 2.75) is 25.9 Å². The highest BCUT2D eigenvalue weighted by Gasteiger charge is 2.24. The molecule has 4 rings (SSSR count). The van der Waals surface area contributed by atoms with Gasteiger partial charge >= 0.3 is 0 Å². The van der Waals surface area contributed by atoms with E-state index in [0.717, 1.165) is 11.1 Å². The summed E-state index contributed by atoms with van der Waals surface area (Å²) in [5, 5.41) is 14.1. The zero-order valence-electron chi connectivity index (χ0n) is 15.0. The van der Waals surface area contributed by atoms with Gasteiger partial charge < -0.3 is 5.32 Å². The van der Waals surface area contributed by atoms with Crippen LogP contribution in [0.5, 0.6) is 0 Å². The molecule has 27 heavy (non-hydrogen) atoms. The number of fused-ring (bicyclic) bond motifs is 3.